The summed E-state index contributed by atoms with van der Waals surface area (Å²) >= 11 is 0. The van der Waals surface area contributed by atoms with E-state index < -0.39 is 11.9 Å². The summed E-state index contributed by atoms with van der Waals surface area (Å²) in [5.74, 6) is -1.24. The van der Waals surface area contributed by atoms with Gasteiger partial charge in [0.1, 0.15) is 0 Å². The third-order valence-corrected chi connectivity index (χ3v) is 3.95. The van der Waals surface area contributed by atoms with Crippen molar-refractivity contribution in [3.05, 3.63) is 71.3 Å². The average molecular weight is 324 g/mol. The van der Waals surface area contributed by atoms with Crippen LogP contribution in [0.5, 0.6) is 0 Å². The predicted octanol–water partition coefficient (Wildman–Crippen LogP) is 5.20. The number of hydrogen-bond acceptors (Lipinski definition) is 3. The summed E-state index contributed by atoms with van der Waals surface area (Å²) in [7, 11) is 0. The maximum absolute atomic E-state index is 12.0. The molecule has 3 heteroatoms. The molecular weight excluding hydrogens is 300 g/mol. The van der Waals surface area contributed by atoms with Crippen molar-refractivity contribution in [2.45, 2.75) is 45.4 Å². The van der Waals surface area contributed by atoms with E-state index in [1.54, 1.807) is 42.5 Å². The molecule has 0 amide bonds. The Hall–Kier alpha value is -2.42. The van der Waals surface area contributed by atoms with Crippen LogP contribution in [-0.4, -0.2) is 11.9 Å². The summed E-state index contributed by atoms with van der Waals surface area (Å²) in [6, 6.07) is 15.8. The van der Waals surface area contributed by atoms with Crippen molar-refractivity contribution in [2.24, 2.45) is 0 Å². The Morgan fingerprint density at radius 3 is 1.96 bits per heavy atom. The lowest BCUT2D eigenvalue weighted by Crippen LogP contribution is -2.12. The number of esters is 2. The monoisotopic (exact) mass is 324 g/mol. The Kier molecular flexibility index (Phi) is 7.21. The first-order valence-corrected chi connectivity index (χ1v) is 8.61. The highest BCUT2D eigenvalue weighted by molar-refractivity contribution is 6.02. The second-order valence-corrected chi connectivity index (χ2v) is 5.90. The molecule has 0 spiro atoms. The van der Waals surface area contributed by atoms with Crippen LogP contribution in [0.2, 0.25) is 0 Å². The molecule has 0 bridgehead atoms. The molecule has 0 atom stereocenters. The number of carbonyl (C=O) groups is 2. The van der Waals surface area contributed by atoms with Crippen molar-refractivity contribution in [1.29, 1.82) is 0 Å². The average Bonchev–Trinajstić information content (AvgIpc) is 2.62. The summed E-state index contributed by atoms with van der Waals surface area (Å²) in [6.45, 7) is 2.21. The van der Waals surface area contributed by atoms with Crippen molar-refractivity contribution in [3.8, 4) is 0 Å². The lowest BCUT2D eigenvalue weighted by molar-refractivity contribution is 0.0398. The van der Waals surface area contributed by atoms with Crippen LogP contribution in [0, 0.1) is 0 Å². The highest BCUT2D eigenvalue weighted by Gasteiger charge is 2.14. The molecule has 3 nitrogen and oxygen atoms in total. The van der Waals surface area contributed by atoms with Crippen LogP contribution in [0.4, 0.5) is 0 Å². The molecule has 0 aliphatic rings. The van der Waals surface area contributed by atoms with Crippen molar-refractivity contribution >= 4 is 11.9 Å². The summed E-state index contributed by atoms with van der Waals surface area (Å²) in [4.78, 5) is 23.9. The molecule has 0 saturated heterocycles. The zero-order valence-electron chi connectivity index (χ0n) is 14.2. The molecule has 0 aliphatic carbocycles. The lowest BCUT2D eigenvalue weighted by atomic mass is 10.0. The van der Waals surface area contributed by atoms with Gasteiger partial charge in [-0.15, -0.1) is 0 Å². The molecule has 0 saturated carbocycles. The highest BCUT2D eigenvalue weighted by atomic mass is 16.6. The molecule has 2 aromatic carbocycles. The van der Waals surface area contributed by atoms with E-state index in [1.807, 2.05) is 12.1 Å². The second-order valence-electron chi connectivity index (χ2n) is 5.90. The number of ether oxygens (including phenoxy) is 1. The van der Waals surface area contributed by atoms with Gasteiger partial charge >= 0.3 is 11.9 Å². The van der Waals surface area contributed by atoms with Gasteiger partial charge in [-0.2, -0.15) is 0 Å². The van der Waals surface area contributed by atoms with E-state index in [2.05, 4.69) is 6.92 Å². The topological polar surface area (TPSA) is 43.4 Å². The number of benzene rings is 2. The number of unbranched alkanes of at least 4 members (excludes halogenated alkanes) is 4. The predicted molar refractivity (Wildman–Crippen MR) is 95.1 cm³/mol. The third-order valence-electron chi connectivity index (χ3n) is 3.95. The highest BCUT2D eigenvalue weighted by Crippen LogP contribution is 2.12. The van der Waals surface area contributed by atoms with Crippen molar-refractivity contribution in [3.63, 3.8) is 0 Å². The first kappa shape index (κ1) is 17.9. The number of rotatable bonds is 8. The van der Waals surface area contributed by atoms with Gasteiger partial charge in [-0.1, -0.05) is 62.9 Å². The van der Waals surface area contributed by atoms with Crippen molar-refractivity contribution in [1.82, 2.24) is 0 Å². The fourth-order valence-corrected chi connectivity index (χ4v) is 2.52. The van der Waals surface area contributed by atoms with E-state index in [1.165, 1.54) is 31.2 Å². The zero-order chi connectivity index (χ0) is 17.2. The first-order chi connectivity index (χ1) is 11.7. The minimum atomic E-state index is -0.624. The molecular formula is C21H24O3. The van der Waals surface area contributed by atoms with Crippen LogP contribution in [0.3, 0.4) is 0 Å². The van der Waals surface area contributed by atoms with Gasteiger partial charge in [-0.05, 0) is 42.7 Å². The SMILES string of the molecule is CCCCCCCc1ccc(C(=O)OC(=O)c2ccccc2)cc1. The van der Waals surface area contributed by atoms with E-state index in [4.69, 9.17) is 4.74 Å². The zero-order valence-corrected chi connectivity index (χ0v) is 14.2. The van der Waals surface area contributed by atoms with Gasteiger partial charge in [0.15, 0.2) is 0 Å². The summed E-state index contributed by atoms with van der Waals surface area (Å²) < 4.78 is 4.91. The van der Waals surface area contributed by atoms with E-state index in [0.29, 0.717) is 11.1 Å². The number of carbonyl (C=O) groups excluding carboxylic acids is 2. The van der Waals surface area contributed by atoms with Gasteiger partial charge in [0.2, 0.25) is 0 Å². The van der Waals surface area contributed by atoms with E-state index >= 15 is 0 Å². The molecule has 0 aromatic heterocycles. The molecule has 0 N–H and O–H groups in total. The second kappa shape index (κ2) is 9.66. The molecule has 0 heterocycles. The largest absolute Gasteiger partial charge is 0.386 e. The normalized spacial score (nSPS) is 10.4. The Labute approximate surface area is 143 Å². The van der Waals surface area contributed by atoms with Crippen molar-refractivity contribution < 1.29 is 14.3 Å². The lowest BCUT2D eigenvalue weighted by Gasteiger charge is -2.05. The van der Waals surface area contributed by atoms with Gasteiger partial charge in [-0.25, -0.2) is 9.59 Å². The van der Waals surface area contributed by atoms with Crippen molar-refractivity contribution in [2.75, 3.05) is 0 Å². The van der Waals surface area contributed by atoms with E-state index in [0.717, 1.165) is 12.8 Å². The van der Waals surface area contributed by atoms with Crippen LogP contribution >= 0.6 is 0 Å². The minimum absolute atomic E-state index is 0.370. The maximum Gasteiger partial charge on any atom is 0.346 e. The smallest absolute Gasteiger partial charge is 0.346 e. The van der Waals surface area contributed by atoms with Gasteiger partial charge in [0.25, 0.3) is 0 Å². The Balaban J connectivity index is 1.83. The fraction of sp³-hybridized carbons (Fsp3) is 0.333. The van der Waals surface area contributed by atoms with Crippen LogP contribution < -0.4 is 0 Å². The van der Waals surface area contributed by atoms with E-state index in [-0.39, 0.29) is 0 Å². The van der Waals surface area contributed by atoms with Gasteiger partial charge in [0.05, 0.1) is 11.1 Å². The maximum atomic E-state index is 12.0. The fourth-order valence-electron chi connectivity index (χ4n) is 2.52. The first-order valence-electron chi connectivity index (χ1n) is 8.61. The van der Waals surface area contributed by atoms with Gasteiger partial charge in [0, 0.05) is 0 Å². The van der Waals surface area contributed by atoms with Crippen LogP contribution in [0.25, 0.3) is 0 Å². The Morgan fingerprint density at radius 1 is 0.750 bits per heavy atom. The summed E-state index contributed by atoms with van der Waals surface area (Å²) in [5, 5.41) is 0. The van der Waals surface area contributed by atoms with Gasteiger partial charge < -0.3 is 4.74 Å². The van der Waals surface area contributed by atoms with Crippen LogP contribution in [0.1, 0.15) is 65.3 Å². The minimum Gasteiger partial charge on any atom is -0.386 e. The molecule has 0 fully saturated rings. The molecule has 126 valence electrons. The Bertz CT molecular complexity index is 645. The van der Waals surface area contributed by atoms with Crippen LogP contribution in [0.15, 0.2) is 54.6 Å². The molecule has 2 aromatic rings. The van der Waals surface area contributed by atoms with Gasteiger partial charge in [-0.3, -0.25) is 0 Å². The Morgan fingerprint density at radius 2 is 1.33 bits per heavy atom. The standard InChI is InChI=1S/C21H24O3/c1-2-3-4-5-7-10-17-13-15-19(16-14-17)21(23)24-20(22)18-11-8-6-9-12-18/h6,8-9,11-16H,2-5,7,10H2,1H3. The molecule has 2 rings (SSSR count). The molecule has 24 heavy (non-hydrogen) atoms. The molecule has 0 unspecified atom stereocenters. The summed E-state index contributed by atoms with van der Waals surface area (Å²) in [5.41, 5.74) is 1.97. The summed E-state index contributed by atoms with van der Waals surface area (Å²) in [6.07, 6.45) is 7.24. The number of hydrogen-bond donors (Lipinski definition) is 0. The van der Waals surface area contributed by atoms with E-state index in [9.17, 15) is 9.59 Å². The third kappa shape index (κ3) is 5.65. The molecule has 0 aliphatic heterocycles. The van der Waals surface area contributed by atoms with Crippen LogP contribution in [-0.2, 0) is 11.2 Å². The quantitative estimate of drug-likeness (QED) is 0.381. The number of aryl methyl sites for hydroxylation is 1. The molecule has 0 radical (unpaired) electrons.